The number of hydrogen-bond acceptors (Lipinski definition) is 3. The van der Waals surface area contributed by atoms with E-state index in [1.165, 1.54) is 0 Å². The van der Waals surface area contributed by atoms with Gasteiger partial charge in [-0.25, -0.2) is 9.78 Å². The van der Waals surface area contributed by atoms with Crippen molar-refractivity contribution in [1.29, 1.82) is 0 Å². The summed E-state index contributed by atoms with van der Waals surface area (Å²) < 4.78 is 0. The lowest BCUT2D eigenvalue weighted by Crippen LogP contribution is -2.39. The van der Waals surface area contributed by atoms with E-state index in [2.05, 4.69) is 15.6 Å². The molecule has 5 heteroatoms. The van der Waals surface area contributed by atoms with E-state index in [4.69, 9.17) is 5.11 Å². The largest absolute Gasteiger partial charge is 0.394 e. The van der Waals surface area contributed by atoms with Gasteiger partial charge in [-0.05, 0) is 38.0 Å². The second kappa shape index (κ2) is 6.20. The van der Waals surface area contributed by atoms with Crippen molar-refractivity contribution in [1.82, 2.24) is 10.3 Å². The van der Waals surface area contributed by atoms with Gasteiger partial charge < -0.3 is 10.4 Å². The molecule has 17 heavy (non-hydrogen) atoms. The molecule has 0 saturated carbocycles. The molecule has 1 heterocycles. The molecule has 0 fully saturated rings. The number of carbonyl (C=O) groups excluding carboxylic acids is 1. The molecule has 0 saturated heterocycles. The lowest BCUT2D eigenvalue weighted by molar-refractivity contribution is 0.222. The Hall–Kier alpha value is -1.62. The third kappa shape index (κ3) is 4.40. The van der Waals surface area contributed by atoms with Gasteiger partial charge in [0.05, 0.1) is 12.6 Å². The number of amides is 2. The molecular formula is C12H19N3O2. The van der Waals surface area contributed by atoms with Crippen LogP contribution >= 0.6 is 0 Å². The maximum Gasteiger partial charge on any atom is 0.320 e. The van der Waals surface area contributed by atoms with E-state index in [1.807, 2.05) is 26.8 Å². The van der Waals surface area contributed by atoms with Crippen molar-refractivity contribution in [2.75, 3.05) is 11.9 Å². The standard InChI is InChI=1S/C12H19N3O2/c1-4-10(7-16)14-12(17)15-11-6-8(2)5-9(3)13-11/h5-6,10,16H,4,7H2,1-3H3,(H2,13,14,15,17). The van der Waals surface area contributed by atoms with E-state index in [-0.39, 0.29) is 18.7 Å². The zero-order chi connectivity index (χ0) is 12.8. The van der Waals surface area contributed by atoms with Crippen LogP contribution in [-0.2, 0) is 0 Å². The van der Waals surface area contributed by atoms with Crippen molar-refractivity contribution < 1.29 is 9.90 Å². The molecule has 1 aromatic rings. The second-order valence-corrected chi connectivity index (χ2v) is 4.06. The molecule has 0 spiro atoms. The molecule has 5 nitrogen and oxygen atoms in total. The van der Waals surface area contributed by atoms with E-state index in [0.29, 0.717) is 12.2 Å². The summed E-state index contributed by atoms with van der Waals surface area (Å²) in [6.07, 6.45) is 0.685. The molecule has 0 bridgehead atoms. The zero-order valence-electron chi connectivity index (χ0n) is 10.4. The van der Waals surface area contributed by atoms with Gasteiger partial charge in [-0.2, -0.15) is 0 Å². The smallest absolute Gasteiger partial charge is 0.320 e. The summed E-state index contributed by atoms with van der Waals surface area (Å²) in [6.45, 7) is 5.65. The predicted octanol–water partition coefficient (Wildman–Crippen LogP) is 1.59. The molecule has 94 valence electrons. The summed E-state index contributed by atoms with van der Waals surface area (Å²) in [6, 6.07) is 3.17. The first kappa shape index (κ1) is 13.4. The van der Waals surface area contributed by atoms with Crippen LogP contribution in [0.25, 0.3) is 0 Å². The molecule has 0 aromatic carbocycles. The third-order valence-corrected chi connectivity index (χ3v) is 2.39. The molecule has 3 N–H and O–H groups in total. The molecule has 0 aliphatic heterocycles. The van der Waals surface area contributed by atoms with Crippen LogP contribution in [0.1, 0.15) is 24.6 Å². The number of aryl methyl sites for hydroxylation is 2. The van der Waals surface area contributed by atoms with Crippen LogP contribution in [0, 0.1) is 13.8 Å². The van der Waals surface area contributed by atoms with Gasteiger partial charge in [0.25, 0.3) is 0 Å². The lowest BCUT2D eigenvalue weighted by Gasteiger charge is -2.14. The molecule has 1 atom stereocenters. The Labute approximate surface area is 101 Å². The Morgan fingerprint density at radius 1 is 1.47 bits per heavy atom. The maximum atomic E-state index is 11.6. The summed E-state index contributed by atoms with van der Waals surface area (Å²) in [5.41, 5.74) is 1.90. The van der Waals surface area contributed by atoms with Crippen LogP contribution < -0.4 is 10.6 Å². The van der Waals surface area contributed by atoms with Gasteiger partial charge in [-0.3, -0.25) is 5.32 Å². The van der Waals surface area contributed by atoms with Crippen molar-refractivity contribution >= 4 is 11.8 Å². The normalized spacial score (nSPS) is 12.0. The van der Waals surface area contributed by atoms with Gasteiger partial charge in [0, 0.05) is 5.69 Å². The first-order valence-corrected chi connectivity index (χ1v) is 5.68. The number of nitrogens with one attached hydrogen (secondary N) is 2. The van der Waals surface area contributed by atoms with Crippen LogP contribution in [-0.4, -0.2) is 28.8 Å². The van der Waals surface area contributed by atoms with E-state index in [9.17, 15) is 4.79 Å². The topological polar surface area (TPSA) is 74.2 Å². The highest BCUT2D eigenvalue weighted by Crippen LogP contribution is 2.08. The number of urea groups is 1. The van der Waals surface area contributed by atoms with Gasteiger partial charge in [-0.1, -0.05) is 6.92 Å². The SMILES string of the molecule is CCC(CO)NC(=O)Nc1cc(C)cc(C)n1. The zero-order valence-corrected chi connectivity index (χ0v) is 10.4. The van der Waals surface area contributed by atoms with Gasteiger partial charge in [0.1, 0.15) is 5.82 Å². The highest BCUT2D eigenvalue weighted by atomic mass is 16.3. The van der Waals surface area contributed by atoms with Gasteiger partial charge in [-0.15, -0.1) is 0 Å². The van der Waals surface area contributed by atoms with Crippen LogP contribution in [0.2, 0.25) is 0 Å². The Morgan fingerprint density at radius 3 is 2.71 bits per heavy atom. The molecule has 2 amide bonds. The van der Waals surface area contributed by atoms with Gasteiger partial charge >= 0.3 is 6.03 Å². The first-order valence-electron chi connectivity index (χ1n) is 5.68. The molecule has 1 rings (SSSR count). The van der Waals surface area contributed by atoms with Crippen LogP contribution in [0.15, 0.2) is 12.1 Å². The van der Waals surface area contributed by atoms with Crippen molar-refractivity contribution in [3.8, 4) is 0 Å². The number of aliphatic hydroxyl groups is 1. The van der Waals surface area contributed by atoms with E-state index < -0.39 is 0 Å². The number of aromatic nitrogens is 1. The van der Waals surface area contributed by atoms with E-state index in [0.717, 1.165) is 11.3 Å². The van der Waals surface area contributed by atoms with Gasteiger partial charge in [0.15, 0.2) is 0 Å². The lowest BCUT2D eigenvalue weighted by atomic mass is 10.2. The monoisotopic (exact) mass is 237 g/mol. The fourth-order valence-corrected chi connectivity index (χ4v) is 1.52. The Balaban J connectivity index is 2.61. The molecule has 0 radical (unpaired) electrons. The van der Waals surface area contributed by atoms with Crippen molar-refractivity contribution in [2.45, 2.75) is 33.2 Å². The molecule has 0 aliphatic carbocycles. The molecular weight excluding hydrogens is 218 g/mol. The van der Waals surface area contributed by atoms with Gasteiger partial charge in [0.2, 0.25) is 0 Å². The fraction of sp³-hybridized carbons (Fsp3) is 0.500. The third-order valence-electron chi connectivity index (χ3n) is 2.39. The predicted molar refractivity (Wildman–Crippen MR) is 67.0 cm³/mol. The number of hydrogen-bond donors (Lipinski definition) is 3. The van der Waals surface area contributed by atoms with Crippen molar-refractivity contribution in [3.63, 3.8) is 0 Å². The van der Waals surface area contributed by atoms with Crippen molar-refractivity contribution in [3.05, 3.63) is 23.4 Å². The number of anilines is 1. The Morgan fingerprint density at radius 2 is 2.18 bits per heavy atom. The summed E-state index contributed by atoms with van der Waals surface area (Å²) in [5, 5.41) is 14.3. The Kier molecular flexibility index (Phi) is 4.90. The average molecular weight is 237 g/mol. The van der Waals surface area contributed by atoms with E-state index >= 15 is 0 Å². The molecule has 1 aromatic heterocycles. The van der Waals surface area contributed by atoms with Crippen molar-refractivity contribution in [2.24, 2.45) is 0 Å². The maximum absolute atomic E-state index is 11.6. The highest BCUT2D eigenvalue weighted by Gasteiger charge is 2.09. The quantitative estimate of drug-likeness (QED) is 0.744. The average Bonchev–Trinajstić information content (AvgIpc) is 2.24. The highest BCUT2D eigenvalue weighted by molar-refractivity contribution is 5.88. The number of nitrogens with zero attached hydrogens (tertiary/aromatic N) is 1. The second-order valence-electron chi connectivity index (χ2n) is 4.06. The van der Waals surface area contributed by atoms with Crippen LogP contribution in [0.3, 0.4) is 0 Å². The number of aliphatic hydroxyl groups excluding tert-OH is 1. The summed E-state index contributed by atoms with van der Waals surface area (Å²) in [7, 11) is 0. The van der Waals surface area contributed by atoms with E-state index in [1.54, 1.807) is 6.07 Å². The molecule has 1 unspecified atom stereocenters. The minimum atomic E-state index is -0.344. The minimum absolute atomic E-state index is 0.0653. The number of carbonyl (C=O) groups is 1. The minimum Gasteiger partial charge on any atom is -0.394 e. The summed E-state index contributed by atoms with van der Waals surface area (Å²) in [4.78, 5) is 15.8. The Bertz CT molecular complexity index is 369. The summed E-state index contributed by atoms with van der Waals surface area (Å²) in [5.74, 6) is 0.521. The molecule has 0 aliphatic rings. The number of pyridine rings is 1. The first-order chi connectivity index (χ1) is 8.05. The van der Waals surface area contributed by atoms with Crippen LogP contribution in [0.4, 0.5) is 10.6 Å². The number of rotatable bonds is 4. The fourth-order valence-electron chi connectivity index (χ4n) is 1.52. The van der Waals surface area contributed by atoms with Crippen LogP contribution in [0.5, 0.6) is 0 Å². The summed E-state index contributed by atoms with van der Waals surface area (Å²) >= 11 is 0.